The van der Waals surface area contributed by atoms with E-state index >= 15 is 0 Å². The zero-order valence-corrected chi connectivity index (χ0v) is 22.6. The van der Waals surface area contributed by atoms with Gasteiger partial charge in [0.15, 0.2) is 9.47 Å². The lowest BCUT2D eigenvalue weighted by atomic mass is 9.90. The van der Waals surface area contributed by atoms with Crippen molar-refractivity contribution in [2.24, 2.45) is 11.7 Å². The maximum atomic E-state index is 6.20. The normalized spacial score (nSPS) is 16.4. The third kappa shape index (κ3) is 6.63. The zero-order chi connectivity index (χ0) is 23.4. The van der Waals surface area contributed by atoms with Crippen LogP contribution in [0.1, 0.15) is 36.9 Å². The van der Waals surface area contributed by atoms with E-state index in [2.05, 4.69) is 22.9 Å². The summed E-state index contributed by atoms with van der Waals surface area (Å²) in [6.45, 7) is 5.88. The number of hydrogen-bond donors (Lipinski definition) is 2. The van der Waals surface area contributed by atoms with Crippen LogP contribution in [0.2, 0.25) is 10.0 Å². The van der Waals surface area contributed by atoms with E-state index < -0.39 is 0 Å². The number of rotatable bonds is 9. The van der Waals surface area contributed by atoms with Gasteiger partial charge in [-0.25, -0.2) is 9.97 Å². The van der Waals surface area contributed by atoms with Gasteiger partial charge < -0.3 is 11.5 Å². The van der Waals surface area contributed by atoms with Crippen LogP contribution in [-0.4, -0.2) is 39.8 Å². The van der Waals surface area contributed by atoms with Crippen molar-refractivity contribution in [1.82, 2.24) is 14.9 Å². The molecule has 33 heavy (non-hydrogen) atoms. The number of aryl methyl sites for hydroxylation is 1. The van der Waals surface area contributed by atoms with Crippen LogP contribution in [0.25, 0.3) is 10.6 Å². The molecule has 4 N–H and O–H groups in total. The van der Waals surface area contributed by atoms with E-state index in [-0.39, 0.29) is 0 Å². The number of thioether (sulfide) groups is 1. The minimum absolute atomic E-state index is 0.527. The second-order valence-corrected chi connectivity index (χ2v) is 12.6. The maximum Gasteiger partial charge on any atom is 0.180 e. The molecule has 0 radical (unpaired) electrons. The molecule has 0 aliphatic carbocycles. The Bertz CT molecular complexity index is 1060. The molecule has 3 heterocycles. The number of aromatic nitrogens is 2. The lowest BCUT2D eigenvalue weighted by Crippen LogP contribution is -2.36. The van der Waals surface area contributed by atoms with Crippen LogP contribution in [0.5, 0.6) is 0 Å². The Hall–Kier alpha value is -0.870. The van der Waals surface area contributed by atoms with Crippen molar-refractivity contribution in [3.8, 4) is 10.6 Å². The Labute approximate surface area is 217 Å². The molecular weight excluding hydrogens is 513 g/mol. The van der Waals surface area contributed by atoms with Crippen LogP contribution in [0, 0.1) is 12.8 Å². The molecule has 178 valence electrons. The van der Waals surface area contributed by atoms with Crippen molar-refractivity contribution in [2.45, 2.75) is 48.7 Å². The highest BCUT2D eigenvalue weighted by atomic mass is 35.5. The molecule has 1 aliphatic heterocycles. The van der Waals surface area contributed by atoms with Crippen LogP contribution in [0.4, 0.5) is 5.13 Å². The average Bonchev–Trinajstić information content (AvgIpc) is 3.39. The van der Waals surface area contributed by atoms with E-state index in [1.54, 1.807) is 11.3 Å². The molecule has 3 aromatic rings. The summed E-state index contributed by atoms with van der Waals surface area (Å²) in [5.74, 6) is 0.661. The summed E-state index contributed by atoms with van der Waals surface area (Å²) >= 11 is 17.4. The highest BCUT2D eigenvalue weighted by Gasteiger charge is 2.28. The summed E-state index contributed by atoms with van der Waals surface area (Å²) in [5.41, 5.74) is 14.9. The number of halogens is 2. The van der Waals surface area contributed by atoms with Crippen molar-refractivity contribution in [2.75, 3.05) is 25.4 Å². The Morgan fingerprint density at radius 2 is 2.00 bits per heavy atom. The lowest BCUT2D eigenvalue weighted by molar-refractivity contribution is 0.173. The number of likely N-dealkylation sites (tertiary alicyclic amines) is 1. The van der Waals surface area contributed by atoms with Gasteiger partial charge in [-0.15, -0.1) is 22.7 Å². The van der Waals surface area contributed by atoms with E-state index in [1.807, 2.05) is 29.3 Å². The van der Waals surface area contributed by atoms with Gasteiger partial charge in [0.05, 0.1) is 26.3 Å². The molecule has 0 spiro atoms. The first-order valence-electron chi connectivity index (χ1n) is 11.1. The molecule has 0 bridgehead atoms. The molecule has 5 nitrogen and oxygen atoms in total. The number of nitrogens with two attached hydrogens (primary N) is 2. The van der Waals surface area contributed by atoms with E-state index in [0.717, 1.165) is 59.6 Å². The van der Waals surface area contributed by atoms with Gasteiger partial charge in [0, 0.05) is 17.2 Å². The van der Waals surface area contributed by atoms with Crippen LogP contribution < -0.4 is 11.5 Å². The van der Waals surface area contributed by atoms with Crippen molar-refractivity contribution in [3.63, 3.8) is 0 Å². The average molecular weight is 543 g/mol. The van der Waals surface area contributed by atoms with E-state index in [4.69, 9.17) is 39.7 Å². The van der Waals surface area contributed by atoms with Crippen LogP contribution in [0.15, 0.2) is 27.9 Å². The van der Waals surface area contributed by atoms with Gasteiger partial charge in [0.1, 0.15) is 0 Å². The fourth-order valence-electron chi connectivity index (χ4n) is 4.27. The van der Waals surface area contributed by atoms with Crippen molar-refractivity contribution in [1.29, 1.82) is 0 Å². The highest BCUT2D eigenvalue weighted by molar-refractivity contribution is 8.01. The Balaban J connectivity index is 1.38. The summed E-state index contributed by atoms with van der Waals surface area (Å²) in [4.78, 5) is 12.9. The fourth-order valence-corrected chi connectivity index (χ4v) is 7.99. The fraction of sp³-hybridized carbons (Fsp3) is 0.478. The van der Waals surface area contributed by atoms with E-state index in [0.29, 0.717) is 26.3 Å². The second kappa shape index (κ2) is 11.7. The zero-order valence-electron chi connectivity index (χ0n) is 18.6. The summed E-state index contributed by atoms with van der Waals surface area (Å²) in [6.07, 6.45) is 4.53. The van der Waals surface area contributed by atoms with E-state index in [1.165, 1.54) is 29.7 Å². The van der Waals surface area contributed by atoms with Gasteiger partial charge in [-0.3, -0.25) is 4.90 Å². The van der Waals surface area contributed by atoms with Crippen LogP contribution >= 0.6 is 57.6 Å². The van der Waals surface area contributed by atoms with Gasteiger partial charge in [-0.05, 0) is 75.9 Å². The number of benzene rings is 1. The monoisotopic (exact) mass is 541 g/mol. The first-order chi connectivity index (χ1) is 15.9. The number of hydrogen-bond acceptors (Lipinski definition) is 8. The first-order valence-corrected chi connectivity index (χ1v) is 14.5. The largest absolute Gasteiger partial charge is 0.375 e. The number of nitrogens with zero attached hydrogens (tertiary/aromatic N) is 3. The quantitative estimate of drug-likeness (QED) is 0.298. The van der Waals surface area contributed by atoms with Crippen molar-refractivity contribution >= 4 is 62.8 Å². The van der Waals surface area contributed by atoms with Gasteiger partial charge in [0.25, 0.3) is 0 Å². The van der Waals surface area contributed by atoms with Crippen molar-refractivity contribution < 1.29 is 0 Å². The summed E-state index contributed by atoms with van der Waals surface area (Å²) in [5, 5.41) is 4.37. The summed E-state index contributed by atoms with van der Waals surface area (Å²) in [6, 6.07) is 5.93. The third-order valence-corrected chi connectivity index (χ3v) is 10.2. The van der Waals surface area contributed by atoms with Gasteiger partial charge in [-0.1, -0.05) is 41.0 Å². The van der Waals surface area contributed by atoms with Crippen molar-refractivity contribution in [3.05, 3.63) is 44.9 Å². The Kier molecular flexibility index (Phi) is 8.95. The lowest BCUT2D eigenvalue weighted by Gasteiger charge is -2.35. The molecule has 1 aliphatic rings. The van der Waals surface area contributed by atoms with Gasteiger partial charge in [-0.2, -0.15) is 0 Å². The first kappa shape index (κ1) is 25.2. The number of anilines is 1. The van der Waals surface area contributed by atoms with Gasteiger partial charge in [0.2, 0.25) is 0 Å². The van der Waals surface area contributed by atoms with Crippen LogP contribution in [0.3, 0.4) is 0 Å². The molecule has 0 saturated carbocycles. The number of thiazole rings is 2. The molecular formula is C23H29Cl2N5S3. The molecule has 1 unspecified atom stereocenters. The molecule has 1 aromatic carbocycles. The Morgan fingerprint density at radius 3 is 2.67 bits per heavy atom. The number of nitrogen functional groups attached to an aromatic ring is 1. The summed E-state index contributed by atoms with van der Waals surface area (Å²) < 4.78 is 1.12. The predicted molar refractivity (Wildman–Crippen MR) is 145 cm³/mol. The minimum atomic E-state index is 0.527. The van der Waals surface area contributed by atoms with E-state index in [9.17, 15) is 0 Å². The smallest absolute Gasteiger partial charge is 0.180 e. The van der Waals surface area contributed by atoms with Crippen LogP contribution in [-0.2, 0) is 6.54 Å². The number of piperidine rings is 1. The Morgan fingerprint density at radius 1 is 1.21 bits per heavy atom. The highest BCUT2D eigenvalue weighted by Crippen LogP contribution is 2.41. The minimum Gasteiger partial charge on any atom is -0.375 e. The molecule has 10 heteroatoms. The SMILES string of the molecule is Cc1nc(SC(CCCN)C2CCN(Cc3ccc(Cl)c(Cl)c3)CC2)sc1-c1csc(N)n1. The molecule has 1 fully saturated rings. The molecule has 2 aromatic heterocycles. The molecule has 1 saturated heterocycles. The predicted octanol–water partition coefficient (Wildman–Crippen LogP) is 6.58. The maximum absolute atomic E-state index is 6.20. The standard InChI is InChI=1S/C23H29Cl2N5S3/c1-14-21(19-13-31-22(27)29-19)33-23(28-14)32-20(3-2-8-26)16-6-9-30(10-7-16)12-15-4-5-17(24)18(25)11-15/h4-5,11,13,16,20H,2-3,6-10,12,26H2,1H3,(H2,27,29). The second-order valence-electron chi connectivity index (χ2n) is 8.41. The molecule has 4 rings (SSSR count). The molecule has 1 atom stereocenters. The van der Waals surface area contributed by atoms with Gasteiger partial charge >= 0.3 is 0 Å². The third-order valence-electron chi connectivity index (χ3n) is 6.02. The molecule has 0 amide bonds. The topological polar surface area (TPSA) is 81.1 Å². The summed E-state index contributed by atoms with van der Waals surface area (Å²) in [7, 11) is 0.